The van der Waals surface area contributed by atoms with Gasteiger partial charge >= 0.3 is 0 Å². The first kappa shape index (κ1) is 24.8. The quantitative estimate of drug-likeness (QED) is 0.462. The minimum absolute atomic E-state index is 0.00726. The highest BCUT2D eigenvalue weighted by Gasteiger charge is 2.41. The van der Waals surface area contributed by atoms with Gasteiger partial charge in [0.15, 0.2) is 0 Å². The van der Waals surface area contributed by atoms with Gasteiger partial charge in [0.25, 0.3) is 11.8 Å². The highest BCUT2D eigenvalue weighted by atomic mass is 32.2. The number of nitrogens with one attached hydrogen (secondary N) is 1. The van der Waals surface area contributed by atoms with Crippen LogP contribution in [0, 0.1) is 5.82 Å². The van der Waals surface area contributed by atoms with E-state index in [0.29, 0.717) is 31.0 Å². The molecule has 0 radical (unpaired) electrons. The number of nitrogens with zero attached hydrogens (tertiary/aromatic N) is 2. The van der Waals surface area contributed by atoms with Crippen LogP contribution in [0.3, 0.4) is 0 Å². The number of amides is 3. The van der Waals surface area contributed by atoms with E-state index < -0.39 is 29.6 Å². The summed E-state index contributed by atoms with van der Waals surface area (Å²) in [6, 6.07) is 10.1. The molecular weight excluding hydrogens is 491 g/mol. The predicted molar refractivity (Wildman–Crippen MR) is 128 cm³/mol. The average Bonchev–Trinajstić information content (AvgIpc) is 3.19. The number of carbonyl (C=O) groups excluding carboxylic acids is 3. The maximum absolute atomic E-state index is 14.6. The summed E-state index contributed by atoms with van der Waals surface area (Å²) in [7, 11) is 0. The number of alkyl halides is 2. The molecule has 3 heterocycles. The number of thioether (sulfide) groups is 1. The van der Waals surface area contributed by atoms with Crippen molar-refractivity contribution in [3.63, 3.8) is 0 Å². The maximum atomic E-state index is 14.6. The summed E-state index contributed by atoms with van der Waals surface area (Å²) in [4.78, 5) is 40.9. The first-order valence-corrected chi connectivity index (χ1v) is 13.0. The Balaban J connectivity index is 1.23. The number of hydrogen-bond donors (Lipinski definition) is 1. The largest absolute Gasteiger partial charge is 0.322 e. The van der Waals surface area contributed by atoms with E-state index in [-0.39, 0.29) is 43.7 Å². The summed E-state index contributed by atoms with van der Waals surface area (Å²) in [5.41, 5.74) is 2.65. The first-order valence-electron chi connectivity index (χ1n) is 12.0. The third-order valence-electron chi connectivity index (χ3n) is 7.02. The van der Waals surface area contributed by atoms with Gasteiger partial charge in [-0.1, -0.05) is 24.3 Å². The Bertz CT molecular complexity index is 1190. The maximum Gasteiger partial charge on any atom is 0.258 e. The van der Waals surface area contributed by atoms with Gasteiger partial charge in [-0.25, -0.2) is 13.2 Å². The lowest BCUT2D eigenvalue weighted by atomic mass is 10.0. The van der Waals surface area contributed by atoms with Gasteiger partial charge in [0.2, 0.25) is 11.8 Å². The fourth-order valence-electron chi connectivity index (χ4n) is 4.94. The topological polar surface area (TPSA) is 69.7 Å². The number of likely N-dealkylation sites (tertiary alicyclic amines) is 1. The van der Waals surface area contributed by atoms with Crippen molar-refractivity contribution in [1.82, 2.24) is 15.1 Å². The van der Waals surface area contributed by atoms with Crippen molar-refractivity contribution in [1.29, 1.82) is 0 Å². The van der Waals surface area contributed by atoms with Gasteiger partial charge in [0.1, 0.15) is 11.9 Å². The lowest BCUT2D eigenvalue weighted by Gasteiger charge is -2.31. The minimum atomic E-state index is -2.55. The van der Waals surface area contributed by atoms with Crippen LogP contribution in [-0.2, 0) is 28.4 Å². The van der Waals surface area contributed by atoms with Crippen LogP contribution in [0.2, 0.25) is 0 Å². The average molecular weight is 518 g/mol. The van der Waals surface area contributed by atoms with Crippen molar-refractivity contribution in [2.24, 2.45) is 0 Å². The van der Waals surface area contributed by atoms with Gasteiger partial charge in [-0.05, 0) is 29.7 Å². The van der Waals surface area contributed by atoms with Crippen LogP contribution in [0.25, 0.3) is 0 Å². The zero-order chi connectivity index (χ0) is 25.4. The Morgan fingerprint density at radius 3 is 2.39 bits per heavy atom. The second-order valence-corrected chi connectivity index (χ2v) is 10.6. The molecule has 2 aromatic carbocycles. The number of carbonyl (C=O) groups is 3. The Labute approximate surface area is 211 Å². The molecule has 10 heteroatoms. The van der Waals surface area contributed by atoms with Gasteiger partial charge in [0.05, 0.1) is 5.56 Å². The van der Waals surface area contributed by atoms with E-state index in [1.165, 1.54) is 22.7 Å². The standard InChI is InChI=1S/C26H26F3N3O3S/c27-19-5-7-21(18-14-32(25(35)23(18)19)20-6-8-22(33)30-24(20)34)36-15-17-3-1-16(2-4-17)13-31-11-9-26(28,29)10-12-31/h1-5,7,20H,6,8-15H2,(H,30,33,34). The van der Waals surface area contributed by atoms with E-state index in [4.69, 9.17) is 0 Å². The summed E-state index contributed by atoms with van der Waals surface area (Å²) in [5, 5.41) is 2.26. The van der Waals surface area contributed by atoms with Crippen molar-refractivity contribution >= 4 is 29.5 Å². The first-order chi connectivity index (χ1) is 17.2. The molecule has 0 aliphatic carbocycles. The summed E-state index contributed by atoms with van der Waals surface area (Å²) in [6.45, 7) is 1.52. The minimum Gasteiger partial charge on any atom is -0.322 e. The molecule has 36 heavy (non-hydrogen) atoms. The van der Waals surface area contributed by atoms with Crippen molar-refractivity contribution < 1.29 is 27.6 Å². The van der Waals surface area contributed by atoms with Crippen LogP contribution in [-0.4, -0.2) is 52.6 Å². The van der Waals surface area contributed by atoms with Gasteiger partial charge in [0, 0.05) is 61.7 Å². The highest BCUT2D eigenvalue weighted by molar-refractivity contribution is 7.98. The summed E-state index contributed by atoms with van der Waals surface area (Å²) < 4.78 is 41.3. The number of hydrogen-bond acceptors (Lipinski definition) is 5. The molecule has 2 saturated heterocycles. The number of rotatable bonds is 6. The fourth-order valence-corrected chi connectivity index (χ4v) is 5.96. The Kier molecular flexibility index (Phi) is 6.82. The number of fused-ring (bicyclic) bond motifs is 1. The molecular formula is C26H26F3N3O3S. The van der Waals surface area contributed by atoms with Crippen molar-refractivity contribution in [2.45, 2.75) is 61.4 Å². The summed E-state index contributed by atoms with van der Waals surface area (Å²) >= 11 is 1.49. The summed E-state index contributed by atoms with van der Waals surface area (Å²) in [6.07, 6.45) is 0.155. The lowest BCUT2D eigenvalue weighted by Crippen LogP contribution is -2.52. The Hall–Kier alpha value is -2.85. The molecule has 3 amide bonds. The van der Waals surface area contributed by atoms with Gasteiger partial charge in [-0.2, -0.15) is 0 Å². The predicted octanol–water partition coefficient (Wildman–Crippen LogP) is 4.11. The SMILES string of the molecule is O=C1CCC(N2Cc3c(SCc4ccc(CN5CCC(F)(F)CC5)cc4)ccc(F)c3C2=O)C(=O)N1. The molecule has 1 atom stereocenters. The molecule has 2 fully saturated rings. The van der Waals surface area contributed by atoms with Crippen LogP contribution in [0.5, 0.6) is 0 Å². The Morgan fingerprint density at radius 2 is 1.69 bits per heavy atom. The van der Waals surface area contributed by atoms with Crippen molar-refractivity contribution in [2.75, 3.05) is 13.1 Å². The molecule has 0 bridgehead atoms. The lowest BCUT2D eigenvalue weighted by molar-refractivity contribution is -0.136. The highest BCUT2D eigenvalue weighted by Crippen LogP contribution is 2.37. The smallest absolute Gasteiger partial charge is 0.258 e. The van der Waals surface area contributed by atoms with Crippen LogP contribution >= 0.6 is 11.8 Å². The van der Waals surface area contributed by atoms with Crippen molar-refractivity contribution in [3.8, 4) is 0 Å². The van der Waals surface area contributed by atoms with Crippen molar-refractivity contribution in [3.05, 3.63) is 64.5 Å². The molecule has 190 valence electrons. The van der Waals surface area contributed by atoms with Crippen LogP contribution < -0.4 is 5.32 Å². The number of imide groups is 1. The van der Waals surface area contributed by atoms with E-state index in [9.17, 15) is 27.6 Å². The molecule has 0 aromatic heterocycles. The summed E-state index contributed by atoms with van der Waals surface area (Å²) in [5.74, 6) is -4.00. The molecule has 5 rings (SSSR count). The van der Waals surface area contributed by atoms with Gasteiger partial charge in [-0.15, -0.1) is 11.8 Å². The van der Waals surface area contributed by atoms with Crippen LogP contribution in [0.4, 0.5) is 13.2 Å². The second-order valence-electron chi connectivity index (χ2n) is 9.54. The normalized spacial score (nSPS) is 22.0. The number of halogens is 3. The third kappa shape index (κ3) is 5.15. The van der Waals surface area contributed by atoms with E-state index in [2.05, 4.69) is 5.32 Å². The van der Waals surface area contributed by atoms with Gasteiger partial charge < -0.3 is 4.90 Å². The zero-order valence-corrected chi connectivity index (χ0v) is 20.4. The second kappa shape index (κ2) is 9.89. The molecule has 0 spiro atoms. The third-order valence-corrected chi connectivity index (χ3v) is 8.19. The Morgan fingerprint density at radius 1 is 1.00 bits per heavy atom. The molecule has 0 saturated carbocycles. The van der Waals surface area contributed by atoms with E-state index in [1.807, 2.05) is 29.2 Å². The van der Waals surface area contributed by atoms with E-state index in [1.54, 1.807) is 6.07 Å². The molecule has 3 aliphatic rings. The molecule has 1 unspecified atom stereocenters. The fraction of sp³-hybridized carbons (Fsp3) is 0.423. The number of benzene rings is 2. The van der Waals surface area contributed by atoms with Gasteiger partial charge in [-0.3, -0.25) is 24.6 Å². The molecule has 2 aromatic rings. The van der Waals surface area contributed by atoms with Crippen LogP contribution in [0.1, 0.15) is 52.7 Å². The van der Waals surface area contributed by atoms with E-state index in [0.717, 1.165) is 16.0 Å². The van der Waals surface area contributed by atoms with E-state index >= 15 is 0 Å². The molecule has 1 N–H and O–H groups in total. The molecule has 3 aliphatic heterocycles. The monoisotopic (exact) mass is 517 g/mol. The van der Waals surface area contributed by atoms with Crippen LogP contribution in [0.15, 0.2) is 41.3 Å². The zero-order valence-electron chi connectivity index (χ0n) is 19.6. The molecule has 6 nitrogen and oxygen atoms in total. The number of piperidine rings is 2.